The Morgan fingerprint density at radius 2 is 2.25 bits per heavy atom. The maximum atomic E-state index is 3.96. The highest BCUT2D eigenvalue weighted by Crippen LogP contribution is 2.37. The lowest BCUT2D eigenvalue weighted by molar-refractivity contribution is 0.336. The van der Waals surface area contributed by atoms with Crippen molar-refractivity contribution in [3.8, 4) is 0 Å². The van der Waals surface area contributed by atoms with E-state index >= 15 is 0 Å². The Kier molecular flexibility index (Phi) is 1.41. The van der Waals surface area contributed by atoms with Crippen LogP contribution in [0.3, 0.4) is 0 Å². The Balaban J connectivity index is 2.37. The molecule has 1 atom stereocenters. The minimum Gasteiger partial charge on any atom is -0.0996 e. The summed E-state index contributed by atoms with van der Waals surface area (Å²) in [6, 6.07) is 0. The molecule has 0 aromatic rings. The van der Waals surface area contributed by atoms with Gasteiger partial charge in [0, 0.05) is 0 Å². The normalized spacial score (nSPS) is 28.4. The molecular formula is C8H14. The quantitative estimate of drug-likeness (QED) is 0.455. The summed E-state index contributed by atoms with van der Waals surface area (Å²) >= 11 is 0. The molecule has 0 aromatic heterocycles. The predicted molar refractivity (Wildman–Crippen MR) is 36.7 cm³/mol. The van der Waals surface area contributed by atoms with Crippen LogP contribution < -0.4 is 0 Å². The summed E-state index contributed by atoms with van der Waals surface area (Å²) < 4.78 is 0. The van der Waals surface area contributed by atoms with Gasteiger partial charge in [-0.25, -0.2) is 0 Å². The molecule has 0 amide bonds. The molecule has 0 nitrogen and oxygen atoms in total. The van der Waals surface area contributed by atoms with Crippen LogP contribution in [0.25, 0.3) is 0 Å². The zero-order valence-corrected chi connectivity index (χ0v) is 5.78. The van der Waals surface area contributed by atoms with E-state index in [0.29, 0.717) is 0 Å². The topological polar surface area (TPSA) is 0 Å². The van der Waals surface area contributed by atoms with Crippen LogP contribution in [-0.2, 0) is 0 Å². The molecule has 0 N–H and O–H groups in total. The maximum absolute atomic E-state index is 3.96. The molecule has 1 saturated carbocycles. The van der Waals surface area contributed by atoms with E-state index in [9.17, 15) is 0 Å². The summed E-state index contributed by atoms with van der Waals surface area (Å²) in [5.41, 5.74) is 1.47. The summed E-state index contributed by atoms with van der Waals surface area (Å²) in [7, 11) is 0. The molecule has 1 rings (SSSR count). The highest BCUT2D eigenvalue weighted by molar-refractivity contribution is 5.10. The maximum Gasteiger partial charge on any atom is -0.0180 e. The van der Waals surface area contributed by atoms with E-state index in [4.69, 9.17) is 0 Å². The molecule has 0 heteroatoms. The molecule has 0 aliphatic heterocycles. The Hall–Kier alpha value is -0.260. The van der Waals surface area contributed by atoms with Crippen molar-refractivity contribution in [1.82, 2.24) is 0 Å². The lowest BCUT2D eigenvalue weighted by Crippen LogP contribution is -2.19. The van der Waals surface area contributed by atoms with Crippen molar-refractivity contribution in [2.24, 2.45) is 11.8 Å². The van der Waals surface area contributed by atoms with E-state index in [1.807, 2.05) is 0 Å². The number of hydrogen-bond donors (Lipinski definition) is 0. The van der Waals surface area contributed by atoms with Gasteiger partial charge in [-0.15, -0.1) is 0 Å². The molecule has 8 heavy (non-hydrogen) atoms. The number of allylic oxidation sites excluding steroid dienone is 1. The van der Waals surface area contributed by atoms with Gasteiger partial charge in [-0.2, -0.15) is 0 Å². The monoisotopic (exact) mass is 110 g/mol. The van der Waals surface area contributed by atoms with Gasteiger partial charge in [-0.05, 0) is 24.7 Å². The molecule has 0 spiro atoms. The zero-order chi connectivity index (χ0) is 6.15. The van der Waals surface area contributed by atoms with Crippen LogP contribution in [0.2, 0.25) is 0 Å². The average Bonchev–Trinajstić information content (AvgIpc) is 1.61. The van der Waals surface area contributed by atoms with Gasteiger partial charge in [-0.3, -0.25) is 0 Å². The summed E-state index contributed by atoms with van der Waals surface area (Å²) in [5, 5.41) is 0. The predicted octanol–water partition coefficient (Wildman–Crippen LogP) is 2.61. The third-order valence-corrected chi connectivity index (χ3v) is 2.11. The summed E-state index contributed by atoms with van der Waals surface area (Å²) in [6.45, 7) is 8.51. The van der Waals surface area contributed by atoms with Crippen molar-refractivity contribution in [1.29, 1.82) is 0 Å². The second kappa shape index (κ2) is 1.93. The van der Waals surface area contributed by atoms with Crippen molar-refractivity contribution in [3.05, 3.63) is 12.2 Å². The van der Waals surface area contributed by atoms with Gasteiger partial charge in [0.15, 0.2) is 0 Å². The van der Waals surface area contributed by atoms with E-state index in [1.54, 1.807) is 0 Å². The van der Waals surface area contributed by atoms with Crippen LogP contribution in [0.4, 0.5) is 0 Å². The molecule has 0 saturated heterocycles. The molecule has 0 radical (unpaired) electrons. The molecular weight excluding hydrogens is 96.1 g/mol. The van der Waals surface area contributed by atoms with Gasteiger partial charge in [-0.1, -0.05) is 26.0 Å². The first-order valence-electron chi connectivity index (χ1n) is 3.39. The zero-order valence-electron chi connectivity index (χ0n) is 5.78. The fourth-order valence-electron chi connectivity index (χ4n) is 1.32. The minimum atomic E-state index is 0.830. The molecule has 1 unspecified atom stereocenters. The fraction of sp³-hybridized carbons (Fsp3) is 0.750. The molecule has 0 bridgehead atoms. The van der Waals surface area contributed by atoms with Crippen LogP contribution in [0.5, 0.6) is 0 Å². The van der Waals surface area contributed by atoms with Crippen LogP contribution in [0.1, 0.15) is 26.7 Å². The average molecular weight is 110 g/mol. The smallest absolute Gasteiger partial charge is 0.0180 e. The Bertz CT molecular complexity index is 101. The van der Waals surface area contributed by atoms with Crippen LogP contribution >= 0.6 is 0 Å². The Labute approximate surface area is 51.6 Å². The van der Waals surface area contributed by atoms with E-state index in [2.05, 4.69) is 20.4 Å². The van der Waals surface area contributed by atoms with Crippen molar-refractivity contribution >= 4 is 0 Å². The number of hydrogen-bond acceptors (Lipinski definition) is 0. The first-order chi connectivity index (χ1) is 3.72. The van der Waals surface area contributed by atoms with Crippen molar-refractivity contribution in [2.45, 2.75) is 26.7 Å². The lowest BCUT2D eigenvalue weighted by atomic mass is 9.74. The fourth-order valence-corrected chi connectivity index (χ4v) is 1.32. The minimum absolute atomic E-state index is 0.830. The molecule has 1 aliphatic carbocycles. The largest absolute Gasteiger partial charge is 0.0996 e. The van der Waals surface area contributed by atoms with Gasteiger partial charge < -0.3 is 0 Å². The van der Waals surface area contributed by atoms with Crippen molar-refractivity contribution in [2.75, 3.05) is 0 Å². The van der Waals surface area contributed by atoms with E-state index in [-0.39, 0.29) is 0 Å². The molecule has 0 aromatic carbocycles. The van der Waals surface area contributed by atoms with Crippen LogP contribution in [0, 0.1) is 11.8 Å². The van der Waals surface area contributed by atoms with Gasteiger partial charge in [0.05, 0.1) is 0 Å². The van der Waals surface area contributed by atoms with Crippen LogP contribution in [0.15, 0.2) is 12.2 Å². The van der Waals surface area contributed by atoms with Gasteiger partial charge in [0.2, 0.25) is 0 Å². The summed E-state index contributed by atoms with van der Waals surface area (Å²) in [5.74, 6) is 1.69. The van der Waals surface area contributed by atoms with Gasteiger partial charge >= 0.3 is 0 Å². The highest BCUT2D eigenvalue weighted by atomic mass is 14.3. The van der Waals surface area contributed by atoms with Crippen molar-refractivity contribution < 1.29 is 0 Å². The van der Waals surface area contributed by atoms with Crippen molar-refractivity contribution in [3.63, 3.8) is 0 Å². The number of rotatable bonds is 1. The summed E-state index contributed by atoms with van der Waals surface area (Å²) in [6.07, 6.45) is 2.67. The van der Waals surface area contributed by atoms with Gasteiger partial charge in [0.25, 0.3) is 0 Å². The molecule has 1 fully saturated rings. The highest BCUT2D eigenvalue weighted by Gasteiger charge is 2.24. The third-order valence-electron chi connectivity index (χ3n) is 2.11. The lowest BCUT2D eigenvalue weighted by Gasteiger charge is -2.32. The molecule has 1 aliphatic rings. The molecule has 0 heterocycles. The van der Waals surface area contributed by atoms with Gasteiger partial charge in [0.1, 0.15) is 0 Å². The third kappa shape index (κ3) is 0.795. The van der Waals surface area contributed by atoms with E-state index in [0.717, 1.165) is 11.8 Å². The second-order valence-corrected chi connectivity index (χ2v) is 3.05. The Morgan fingerprint density at radius 1 is 1.62 bits per heavy atom. The van der Waals surface area contributed by atoms with E-state index in [1.165, 1.54) is 18.4 Å². The van der Waals surface area contributed by atoms with Crippen LogP contribution in [-0.4, -0.2) is 0 Å². The van der Waals surface area contributed by atoms with E-state index < -0.39 is 0 Å². The summed E-state index contributed by atoms with van der Waals surface area (Å²) in [4.78, 5) is 0. The SMILES string of the molecule is C=C1CCC1C(C)C. The molecule has 46 valence electrons. The first-order valence-corrected chi connectivity index (χ1v) is 3.39. The second-order valence-electron chi connectivity index (χ2n) is 3.05. The first kappa shape index (κ1) is 5.87. The Morgan fingerprint density at radius 3 is 2.25 bits per heavy atom. The standard InChI is InChI=1S/C8H14/c1-6(2)8-5-4-7(8)3/h6,8H,3-5H2,1-2H3.